The number of carboxylic acids is 1. The van der Waals surface area contributed by atoms with Gasteiger partial charge in [-0.3, -0.25) is 0 Å². The molecular weight excluding hydrogens is 208 g/mol. The summed E-state index contributed by atoms with van der Waals surface area (Å²) in [4.78, 5) is 22.1. The first-order valence-corrected chi connectivity index (χ1v) is 4.44. The highest BCUT2D eigenvalue weighted by Gasteiger charge is 2.05. The molecule has 0 aliphatic heterocycles. The maximum Gasteiger partial charge on any atom is 0.354 e. The number of carbonyl (C=O) groups is 1. The first-order valence-electron chi connectivity index (χ1n) is 4.44. The van der Waals surface area contributed by atoms with Crippen molar-refractivity contribution in [2.24, 2.45) is 0 Å². The summed E-state index contributed by atoms with van der Waals surface area (Å²) in [6, 6.07) is 3.07. The van der Waals surface area contributed by atoms with E-state index >= 15 is 0 Å². The van der Waals surface area contributed by atoms with Crippen LogP contribution in [-0.4, -0.2) is 26.0 Å². The minimum absolute atomic E-state index is 0.000105. The molecule has 0 saturated heterocycles. The molecule has 0 radical (unpaired) electrons. The molecule has 0 atom stereocenters. The average molecular weight is 216 g/mol. The molecule has 0 spiro atoms. The molecule has 0 fully saturated rings. The molecular formula is C10H8N4O2. The summed E-state index contributed by atoms with van der Waals surface area (Å²) in [5, 5.41) is 8.68. The average Bonchev–Trinajstić information content (AvgIpc) is 2.30. The topological polar surface area (TPSA) is 102 Å². The number of hydrogen-bond acceptors (Lipinski definition) is 5. The fraction of sp³-hybridized carbons (Fsp3) is 0. The Morgan fingerprint density at radius 2 is 1.69 bits per heavy atom. The first kappa shape index (κ1) is 10.0. The molecule has 0 aromatic carbocycles. The third-order valence-corrected chi connectivity index (χ3v) is 1.99. The number of aromatic carboxylic acids is 1. The molecule has 0 amide bonds. The van der Waals surface area contributed by atoms with Crippen molar-refractivity contribution in [1.29, 1.82) is 0 Å². The number of aromatic nitrogens is 3. The van der Waals surface area contributed by atoms with Crippen molar-refractivity contribution in [3.8, 4) is 11.1 Å². The highest BCUT2D eigenvalue weighted by molar-refractivity contribution is 5.85. The Labute approximate surface area is 90.8 Å². The van der Waals surface area contributed by atoms with Crippen molar-refractivity contribution in [2.45, 2.75) is 0 Å². The Balaban J connectivity index is 2.34. The summed E-state index contributed by atoms with van der Waals surface area (Å²) in [7, 11) is 0. The van der Waals surface area contributed by atoms with E-state index in [2.05, 4.69) is 15.0 Å². The van der Waals surface area contributed by atoms with Crippen molar-refractivity contribution in [2.75, 3.05) is 5.73 Å². The molecule has 80 valence electrons. The molecule has 2 aromatic rings. The SMILES string of the molecule is Nc1ncc(-c2ccc(C(=O)O)nc2)cn1. The lowest BCUT2D eigenvalue weighted by molar-refractivity contribution is 0.0690. The second-order valence-corrected chi connectivity index (χ2v) is 3.07. The van der Waals surface area contributed by atoms with Gasteiger partial charge in [0.15, 0.2) is 0 Å². The molecule has 2 rings (SSSR count). The quantitative estimate of drug-likeness (QED) is 0.770. The largest absolute Gasteiger partial charge is 0.477 e. The van der Waals surface area contributed by atoms with Crippen molar-refractivity contribution < 1.29 is 9.90 Å². The van der Waals surface area contributed by atoms with Crippen LogP contribution in [0.5, 0.6) is 0 Å². The van der Waals surface area contributed by atoms with Gasteiger partial charge in [0.1, 0.15) is 5.69 Å². The molecule has 2 heterocycles. The van der Waals surface area contributed by atoms with Gasteiger partial charge in [-0.05, 0) is 6.07 Å². The maximum atomic E-state index is 10.6. The standard InChI is InChI=1S/C10H8N4O2/c11-10-13-4-7(5-14-10)6-1-2-8(9(15)16)12-3-6/h1-5H,(H,15,16)(H2,11,13,14). The van der Waals surface area contributed by atoms with E-state index in [4.69, 9.17) is 10.8 Å². The molecule has 6 nitrogen and oxygen atoms in total. The van der Waals surface area contributed by atoms with Crippen LogP contribution in [0.3, 0.4) is 0 Å². The number of rotatable bonds is 2. The summed E-state index contributed by atoms with van der Waals surface area (Å²) < 4.78 is 0. The van der Waals surface area contributed by atoms with Gasteiger partial charge in [0.2, 0.25) is 5.95 Å². The van der Waals surface area contributed by atoms with Gasteiger partial charge < -0.3 is 10.8 Å². The third kappa shape index (κ3) is 1.95. The summed E-state index contributed by atoms with van der Waals surface area (Å²) >= 11 is 0. The Hall–Kier alpha value is -2.50. The van der Waals surface area contributed by atoms with Crippen LogP contribution in [0.2, 0.25) is 0 Å². The van der Waals surface area contributed by atoms with E-state index in [1.165, 1.54) is 12.3 Å². The van der Waals surface area contributed by atoms with Gasteiger partial charge in [-0.15, -0.1) is 0 Å². The van der Waals surface area contributed by atoms with E-state index in [1.54, 1.807) is 18.5 Å². The Morgan fingerprint density at radius 3 is 2.19 bits per heavy atom. The lowest BCUT2D eigenvalue weighted by Gasteiger charge is -2.00. The van der Waals surface area contributed by atoms with Crippen molar-refractivity contribution >= 4 is 11.9 Å². The Morgan fingerprint density at radius 1 is 1.06 bits per heavy atom. The van der Waals surface area contributed by atoms with Crippen LogP contribution >= 0.6 is 0 Å². The minimum atomic E-state index is -1.06. The number of nitrogens with zero attached hydrogens (tertiary/aromatic N) is 3. The van der Waals surface area contributed by atoms with Gasteiger partial charge in [0.05, 0.1) is 0 Å². The molecule has 0 saturated carbocycles. The summed E-state index contributed by atoms with van der Waals surface area (Å²) in [5.74, 6) is -0.862. The van der Waals surface area contributed by atoms with E-state index in [9.17, 15) is 4.79 Å². The van der Waals surface area contributed by atoms with Crippen LogP contribution in [0.25, 0.3) is 11.1 Å². The van der Waals surface area contributed by atoms with Crippen LogP contribution in [0, 0.1) is 0 Å². The second-order valence-electron chi connectivity index (χ2n) is 3.07. The van der Waals surface area contributed by atoms with Gasteiger partial charge >= 0.3 is 5.97 Å². The van der Waals surface area contributed by atoms with E-state index in [-0.39, 0.29) is 11.6 Å². The summed E-state index contributed by atoms with van der Waals surface area (Å²) in [6.45, 7) is 0. The summed E-state index contributed by atoms with van der Waals surface area (Å²) in [6.07, 6.45) is 4.57. The fourth-order valence-corrected chi connectivity index (χ4v) is 1.18. The number of anilines is 1. The van der Waals surface area contributed by atoms with E-state index in [1.807, 2.05) is 0 Å². The minimum Gasteiger partial charge on any atom is -0.477 e. The van der Waals surface area contributed by atoms with Gasteiger partial charge in [0.25, 0.3) is 0 Å². The van der Waals surface area contributed by atoms with Crippen LogP contribution < -0.4 is 5.73 Å². The van der Waals surface area contributed by atoms with Crippen LogP contribution in [0.4, 0.5) is 5.95 Å². The van der Waals surface area contributed by atoms with Gasteiger partial charge in [-0.1, -0.05) is 6.07 Å². The van der Waals surface area contributed by atoms with E-state index < -0.39 is 5.97 Å². The predicted molar refractivity (Wildman–Crippen MR) is 56.6 cm³/mol. The maximum absolute atomic E-state index is 10.6. The smallest absolute Gasteiger partial charge is 0.354 e. The first-order chi connectivity index (χ1) is 7.66. The normalized spacial score (nSPS) is 10.0. The molecule has 2 aromatic heterocycles. The van der Waals surface area contributed by atoms with Gasteiger partial charge in [-0.25, -0.2) is 19.7 Å². The zero-order valence-corrected chi connectivity index (χ0v) is 8.16. The highest BCUT2D eigenvalue weighted by atomic mass is 16.4. The third-order valence-electron chi connectivity index (χ3n) is 1.99. The number of carboxylic acid groups (broad SMARTS) is 1. The Bertz CT molecular complexity index is 507. The highest BCUT2D eigenvalue weighted by Crippen LogP contribution is 2.16. The molecule has 0 aliphatic rings. The molecule has 3 N–H and O–H groups in total. The fourth-order valence-electron chi connectivity index (χ4n) is 1.18. The van der Waals surface area contributed by atoms with E-state index in [0.717, 1.165) is 11.1 Å². The van der Waals surface area contributed by atoms with Crippen LogP contribution in [-0.2, 0) is 0 Å². The Kier molecular flexibility index (Phi) is 2.47. The van der Waals surface area contributed by atoms with Gasteiger partial charge in [-0.2, -0.15) is 0 Å². The molecule has 0 unspecified atom stereocenters. The second kappa shape index (κ2) is 3.93. The molecule has 6 heteroatoms. The predicted octanol–water partition coefficient (Wildman–Crippen LogP) is 0.819. The number of nitrogen functional groups attached to an aromatic ring is 1. The van der Waals surface area contributed by atoms with Crippen molar-refractivity contribution in [3.05, 3.63) is 36.4 Å². The monoisotopic (exact) mass is 216 g/mol. The van der Waals surface area contributed by atoms with Crippen LogP contribution in [0.1, 0.15) is 10.5 Å². The number of pyridine rings is 1. The zero-order chi connectivity index (χ0) is 11.5. The summed E-state index contributed by atoms with van der Waals surface area (Å²) in [5.41, 5.74) is 6.83. The molecule has 16 heavy (non-hydrogen) atoms. The van der Waals surface area contributed by atoms with Crippen LogP contribution in [0.15, 0.2) is 30.7 Å². The lowest BCUT2D eigenvalue weighted by atomic mass is 10.1. The van der Waals surface area contributed by atoms with Gasteiger partial charge in [0, 0.05) is 29.7 Å². The van der Waals surface area contributed by atoms with Crippen molar-refractivity contribution in [3.63, 3.8) is 0 Å². The number of hydrogen-bond donors (Lipinski definition) is 2. The van der Waals surface area contributed by atoms with Crippen molar-refractivity contribution in [1.82, 2.24) is 15.0 Å². The van der Waals surface area contributed by atoms with E-state index in [0.29, 0.717) is 0 Å². The number of nitrogens with two attached hydrogens (primary N) is 1. The molecule has 0 aliphatic carbocycles. The molecule has 0 bridgehead atoms. The zero-order valence-electron chi connectivity index (χ0n) is 8.16. The lowest BCUT2D eigenvalue weighted by Crippen LogP contribution is -1.99.